The van der Waals surface area contributed by atoms with Crippen molar-refractivity contribution in [2.24, 2.45) is 0 Å². The summed E-state index contributed by atoms with van der Waals surface area (Å²) in [7, 11) is 1.86. The number of pyridine rings is 1. The molecule has 3 aromatic rings. The van der Waals surface area contributed by atoms with Crippen LogP contribution in [0.2, 0.25) is 0 Å². The minimum Gasteiger partial charge on any atom is -0.490 e. The second-order valence-corrected chi connectivity index (χ2v) is 9.03. The molecule has 1 amide bonds. The molecule has 0 aliphatic carbocycles. The molecule has 4 rings (SSSR count). The summed E-state index contributed by atoms with van der Waals surface area (Å²) in [4.78, 5) is 22.7. The first-order chi connectivity index (χ1) is 15.1. The third kappa shape index (κ3) is 5.51. The Morgan fingerprint density at radius 3 is 2.58 bits per heavy atom. The molecule has 1 aromatic carbocycles. The molecule has 1 aliphatic rings. The summed E-state index contributed by atoms with van der Waals surface area (Å²) in [5, 5.41) is 2.04. The summed E-state index contributed by atoms with van der Waals surface area (Å²) in [6, 6.07) is 17.8. The second kappa shape index (κ2) is 10.1. The van der Waals surface area contributed by atoms with Crippen molar-refractivity contribution in [1.82, 2.24) is 14.8 Å². The zero-order chi connectivity index (χ0) is 21.6. The number of hydrogen-bond donors (Lipinski definition) is 0. The van der Waals surface area contributed by atoms with Gasteiger partial charge in [-0.05, 0) is 67.6 Å². The molecular formula is C25H29N3O2S. The fourth-order valence-electron chi connectivity index (χ4n) is 3.87. The van der Waals surface area contributed by atoms with Crippen molar-refractivity contribution in [3.63, 3.8) is 0 Å². The van der Waals surface area contributed by atoms with Crippen LogP contribution < -0.4 is 4.74 Å². The maximum absolute atomic E-state index is 12.8. The minimum atomic E-state index is 0.0234. The van der Waals surface area contributed by atoms with E-state index in [4.69, 9.17) is 4.74 Å². The fraction of sp³-hybridized carbons (Fsp3) is 0.360. The molecule has 5 nitrogen and oxygen atoms in total. The van der Waals surface area contributed by atoms with Gasteiger partial charge < -0.3 is 9.64 Å². The first-order valence-electron chi connectivity index (χ1n) is 10.8. The van der Waals surface area contributed by atoms with Crippen LogP contribution in [0, 0.1) is 0 Å². The van der Waals surface area contributed by atoms with E-state index in [0.717, 1.165) is 43.9 Å². The number of carbonyl (C=O) groups excluding carboxylic acids is 1. The van der Waals surface area contributed by atoms with Crippen LogP contribution >= 0.6 is 11.3 Å². The first kappa shape index (κ1) is 21.5. The lowest BCUT2D eigenvalue weighted by atomic mass is 10.1. The molecule has 1 atom stereocenters. The highest BCUT2D eigenvalue weighted by atomic mass is 32.1. The number of rotatable bonds is 7. The standard InChI is InChI=1S/C25H29N3O2S/c1-19(24-7-5-17-31-24)27(2)25(29)20-8-10-22(11-9-20)30-23-12-15-28(16-13-23)18-21-6-3-4-14-26-21/h3-11,14,17,19,23H,12-13,15-16,18H2,1-2H3. The van der Waals surface area contributed by atoms with Crippen molar-refractivity contribution >= 4 is 17.2 Å². The van der Waals surface area contributed by atoms with Crippen LogP contribution in [-0.4, -0.2) is 46.9 Å². The lowest BCUT2D eigenvalue weighted by Gasteiger charge is -2.32. The predicted octanol–water partition coefficient (Wildman–Crippen LogP) is 5.02. The number of benzene rings is 1. The van der Waals surface area contributed by atoms with Gasteiger partial charge in [0.25, 0.3) is 5.91 Å². The summed E-state index contributed by atoms with van der Waals surface area (Å²) in [6.07, 6.45) is 4.05. The van der Waals surface area contributed by atoms with E-state index in [0.29, 0.717) is 5.56 Å². The first-order valence-corrected chi connectivity index (χ1v) is 11.7. The Morgan fingerprint density at radius 1 is 1.16 bits per heavy atom. The van der Waals surface area contributed by atoms with E-state index in [1.54, 1.807) is 16.2 Å². The van der Waals surface area contributed by atoms with Crippen LogP contribution in [0.1, 0.15) is 46.7 Å². The van der Waals surface area contributed by atoms with Gasteiger partial charge in [-0.1, -0.05) is 12.1 Å². The van der Waals surface area contributed by atoms with E-state index in [1.807, 2.05) is 61.1 Å². The molecule has 0 spiro atoms. The van der Waals surface area contributed by atoms with Gasteiger partial charge in [-0.25, -0.2) is 0 Å². The Hall–Kier alpha value is -2.70. The molecule has 0 radical (unpaired) electrons. The van der Waals surface area contributed by atoms with Gasteiger partial charge in [-0.15, -0.1) is 11.3 Å². The largest absolute Gasteiger partial charge is 0.490 e. The van der Waals surface area contributed by atoms with Crippen LogP contribution in [0.4, 0.5) is 0 Å². The van der Waals surface area contributed by atoms with Crippen LogP contribution in [0.5, 0.6) is 5.75 Å². The lowest BCUT2D eigenvalue weighted by molar-refractivity contribution is 0.0744. The molecule has 31 heavy (non-hydrogen) atoms. The summed E-state index contributed by atoms with van der Waals surface area (Å²) in [5.74, 6) is 0.851. The van der Waals surface area contributed by atoms with E-state index >= 15 is 0 Å². The average Bonchev–Trinajstić information content (AvgIpc) is 3.35. The monoisotopic (exact) mass is 435 g/mol. The Labute approximate surface area is 188 Å². The zero-order valence-electron chi connectivity index (χ0n) is 18.1. The fourth-order valence-corrected chi connectivity index (χ4v) is 4.70. The molecule has 1 aliphatic heterocycles. The van der Waals surface area contributed by atoms with Crippen LogP contribution in [0.3, 0.4) is 0 Å². The van der Waals surface area contributed by atoms with Gasteiger partial charge in [-0.2, -0.15) is 0 Å². The Morgan fingerprint density at radius 2 is 1.94 bits per heavy atom. The number of hydrogen-bond acceptors (Lipinski definition) is 5. The number of aromatic nitrogens is 1. The van der Waals surface area contributed by atoms with Gasteiger partial charge in [0.05, 0.1) is 11.7 Å². The molecule has 1 unspecified atom stereocenters. The highest BCUT2D eigenvalue weighted by Crippen LogP contribution is 2.26. The van der Waals surface area contributed by atoms with Crippen LogP contribution in [0.25, 0.3) is 0 Å². The zero-order valence-corrected chi connectivity index (χ0v) is 18.9. The maximum atomic E-state index is 12.8. The molecule has 0 bridgehead atoms. The summed E-state index contributed by atoms with van der Waals surface area (Å²) >= 11 is 1.67. The van der Waals surface area contributed by atoms with Crippen molar-refractivity contribution < 1.29 is 9.53 Å². The molecule has 1 saturated heterocycles. The quantitative estimate of drug-likeness (QED) is 0.523. The highest BCUT2D eigenvalue weighted by Gasteiger charge is 2.22. The summed E-state index contributed by atoms with van der Waals surface area (Å²) < 4.78 is 6.19. The van der Waals surface area contributed by atoms with E-state index in [9.17, 15) is 4.79 Å². The van der Waals surface area contributed by atoms with Crippen molar-refractivity contribution in [2.75, 3.05) is 20.1 Å². The van der Waals surface area contributed by atoms with E-state index in [1.165, 1.54) is 4.88 Å². The Balaban J connectivity index is 1.27. The number of nitrogens with zero attached hydrogens (tertiary/aromatic N) is 3. The van der Waals surface area contributed by atoms with Crippen molar-refractivity contribution in [3.05, 3.63) is 82.3 Å². The topological polar surface area (TPSA) is 45.7 Å². The van der Waals surface area contributed by atoms with Crippen LogP contribution in [-0.2, 0) is 6.54 Å². The molecule has 2 aromatic heterocycles. The molecule has 162 valence electrons. The number of carbonyl (C=O) groups is 1. The number of piperidine rings is 1. The number of ether oxygens (including phenoxy) is 1. The Bertz CT molecular complexity index is 952. The van der Waals surface area contributed by atoms with E-state index < -0.39 is 0 Å². The number of thiophene rings is 1. The van der Waals surface area contributed by atoms with Gasteiger partial charge in [0.1, 0.15) is 11.9 Å². The highest BCUT2D eigenvalue weighted by molar-refractivity contribution is 7.10. The second-order valence-electron chi connectivity index (χ2n) is 8.05. The predicted molar refractivity (Wildman–Crippen MR) is 124 cm³/mol. The van der Waals surface area contributed by atoms with Crippen molar-refractivity contribution in [1.29, 1.82) is 0 Å². The third-order valence-corrected chi connectivity index (χ3v) is 6.95. The van der Waals surface area contributed by atoms with Gasteiger partial charge in [0.2, 0.25) is 0 Å². The third-order valence-electron chi connectivity index (χ3n) is 5.91. The minimum absolute atomic E-state index is 0.0234. The van der Waals surface area contributed by atoms with Crippen LogP contribution in [0.15, 0.2) is 66.2 Å². The van der Waals surface area contributed by atoms with E-state index in [2.05, 4.69) is 28.9 Å². The SMILES string of the molecule is CC(c1cccs1)N(C)C(=O)c1ccc(OC2CCN(Cc3ccccn3)CC2)cc1. The lowest BCUT2D eigenvalue weighted by Crippen LogP contribution is -2.37. The normalized spacial score (nSPS) is 16.1. The molecule has 0 saturated carbocycles. The number of amides is 1. The molecule has 3 heterocycles. The Kier molecular flexibility index (Phi) is 6.99. The van der Waals surface area contributed by atoms with Gasteiger partial charge in [0.15, 0.2) is 0 Å². The number of likely N-dealkylation sites (tertiary alicyclic amines) is 1. The molecule has 1 fully saturated rings. The average molecular weight is 436 g/mol. The summed E-state index contributed by atoms with van der Waals surface area (Å²) in [6.45, 7) is 4.95. The molecule has 0 N–H and O–H groups in total. The summed E-state index contributed by atoms with van der Waals surface area (Å²) in [5.41, 5.74) is 1.80. The maximum Gasteiger partial charge on any atom is 0.254 e. The van der Waals surface area contributed by atoms with Gasteiger partial charge >= 0.3 is 0 Å². The van der Waals surface area contributed by atoms with Crippen molar-refractivity contribution in [3.8, 4) is 5.75 Å². The molecular weight excluding hydrogens is 406 g/mol. The van der Waals surface area contributed by atoms with Gasteiger partial charge in [0, 0.05) is 43.3 Å². The van der Waals surface area contributed by atoms with Crippen molar-refractivity contribution in [2.45, 2.75) is 38.5 Å². The smallest absolute Gasteiger partial charge is 0.254 e. The van der Waals surface area contributed by atoms with E-state index in [-0.39, 0.29) is 18.1 Å². The molecule has 6 heteroatoms. The van der Waals surface area contributed by atoms with Gasteiger partial charge in [-0.3, -0.25) is 14.7 Å².